The van der Waals surface area contributed by atoms with Crippen LogP contribution in [0.4, 0.5) is 10.1 Å². The van der Waals surface area contributed by atoms with Crippen LogP contribution >= 0.6 is 15.9 Å². The molecule has 3 nitrogen and oxygen atoms in total. The molecule has 2 rings (SSSR count). The molecule has 0 aliphatic rings. The highest BCUT2D eigenvalue weighted by atomic mass is 79.9. The van der Waals surface area contributed by atoms with E-state index >= 15 is 0 Å². The van der Waals surface area contributed by atoms with E-state index < -0.39 is 15.7 Å². The first-order valence-electron chi connectivity index (χ1n) is 5.41. The van der Waals surface area contributed by atoms with Gasteiger partial charge in [0.15, 0.2) is 9.84 Å². The van der Waals surface area contributed by atoms with Crippen LogP contribution in [0, 0.1) is 5.82 Å². The zero-order valence-corrected chi connectivity index (χ0v) is 12.2. The molecule has 0 radical (unpaired) electrons. The highest BCUT2D eigenvalue weighted by molar-refractivity contribution is 9.10. The molecule has 0 atom stereocenters. The maximum absolute atomic E-state index is 12.8. The van der Waals surface area contributed by atoms with Gasteiger partial charge in [0.2, 0.25) is 0 Å². The van der Waals surface area contributed by atoms with Gasteiger partial charge < -0.3 is 5.73 Å². The molecule has 0 heterocycles. The Balaban J connectivity index is 2.30. The van der Waals surface area contributed by atoms with Crippen molar-refractivity contribution in [3.63, 3.8) is 0 Å². The number of anilines is 1. The SMILES string of the molecule is Nc1cc(CS(=O)(=O)c2ccc(F)cc2)ccc1Br. The lowest BCUT2D eigenvalue weighted by atomic mass is 10.2. The molecule has 19 heavy (non-hydrogen) atoms. The lowest BCUT2D eigenvalue weighted by Crippen LogP contribution is -2.05. The Morgan fingerprint density at radius 3 is 2.32 bits per heavy atom. The van der Waals surface area contributed by atoms with E-state index in [-0.39, 0.29) is 10.6 Å². The Labute approximate surface area is 119 Å². The molecule has 0 fully saturated rings. The van der Waals surface area contributed by atoms with E-state index in [2.05, 4.69) is 15.9 Å². The second-order valence-electron chi connectivity index (χ2n) is 4.07. The lowest BCUT2D eigenvalue weighted by molar-refractivity contribution is 0.594. The van der Waals surface area contributed by atoms with E-state index in [1.54, 1.807) is 18.2 Å². The highest BCUT2D eigenvalue weighted by Crippen LogP contribution is 2.23. The van der Waals surface area contributed by atoms with Crippen molar-refractivity contribution >= 4 is 31.5 Å². The molecule has 2 aromatic carbocycles. The maximum atomic E-state index is 12.8. The fourth-order valence-corrected chi connectivity index (χ4v) is 3.21. The molecule has 100 valence electrons. The molecule has 0 aliphatic carbocycles. The molecular formula is C13H11BrFNO2S. The van der Waals surface area contributed by atoms with Crippen LogP contribution in [0.1, 0.15) is 5.56 Å². The smallest absolute Gasteiger partial charge is 0.182 e. The number of hydrogen-bond acceptors (Lipinski definition) is 3. The second-order valence-corrected chi connectivity index (χ2v) is 6.91. The van der Waals surface area contributed by atoms with Gasteiger partial charge in [0.1, 0.15) is 5.82 Å². The molecule has 6 heteroatoms. The van der Waals surface area contributed by atoms with Crippen LogP contribution in [0.3, 0.4) is 0 Å². The Hall–Kier alpha value is -1.40. The largest absolute Gasteiger partial charge is 0.398 e. The number of halogens is 2. The van der Waals surface area contributed by atoms with Gasteiger partial charge in [0, 0.05) is 10.2 Å². The summed E-state index contributed by atoms with van der Waals surface area (Å²) >= 11 is 3.25. The van der Waals surface area contributed by atoms with E-state index in [9.17, 15) is 12.8 Å². The molecule has 0 aliphatic heterocycles. The van der Waals surface area contributed by atoms with Crippen molar-refractivity contribution in [2.75, 3.05) is 5.73 Å². The topological polar surface area (TPSA) is 60.2 Å². The van der Waals surface area contributed by atoms with Crippen molar-refractivity contribution in [2.24, 2.45) is 0 Å². The van der Waals surface area contributed by atoms with Crippen molar-refractivity contribution in [2.45, 2.75) is 10.6 Å². The van der Waals surface area contributed by atoms with Gasteiger partial charge in [-0.2, -0.15) is 0 Å². The van der Waals surface area contributed by atoms with Crippen LogP contribution in [-0.2, 0) is 15.6 Å². The number of benzene rings is 2. The van der Waals surface area contributed by atoms with E-state index in [0.717, 1.165) is 16.6 Å². The fraction of sp³-hybridized carbons (Fsp3) is 0.0769. The molecule has 0 amide bonds. The quantitative estimate of drug-likeness (QED) is 0.687. The van der Waals surface area contributed by atoms with Crippen LogP contribution in [0.5, 0.6) is 0 Å². The Morgan fingerprint density at radius 1 is 1.11 bits per heavy atom. The minimum absolute atomic E-state index is 0.0930. The highest BCUT2D eigenvalue weighted by Gasteiger charge is 2.15. The minimum atomic E-state index is -3.50. The molecule has 0 saturated heterocycles. The molecule has 0 bridgehead atoms. The molecular weight excluding hydrogens is 333 g/mol. The lowest BCUT2D eigenvalue weighted by Gasteiger charge is -2.06. The Kier molecular flexibility index (Phi) is 3.91. The summed E-state index contributed by atoms with van der Waals surface area (Å²) in [7, 11) is -3.50. The zero-order chi connectivity index (χ0) is 14.0. The number of hydrogen-bond donors (Lipinski definition) is 1. The van der Waals surface area contributed by atoms with Crippen molar-refractivity contribution in [3.8, 4) is 0 Å². The normalized spacial score (nSPS) is 11.5. The summed E-state index contributed by atoms with van der Waals surface area (Å²) in [5.41, 5.74) is 6.77. The van der Waals surface area contributed by atoms with Crippen molar-refractivity contribution in [3.05, 3.63) is 58.3 Å². The molecule has 0 saturated carbocycles. The van der Waals surface area contributed by atoms with Gasteiger partial charge in [-0.05, 0) is 57.9 Å². The molecule has 0 unspecified atom stereocenters. The first-order valence-corrected chi connectivity index (χ1v) is 7.85. The first-order chi connectivity index (χ1) is 8.88. The third kappa shape index (κ3) is 3.33. The summed E-state index contributed by atoms with van der Waals surface area (Å²) in [6, 6.07) is 9.75. The van der Waals surface area contributed by atoms with E-state index in [1.807, 2.05) is 0 Å². The standard InChI is InChI=1S/C13H11BrFNO2S/c14-12-6-1-9(7-13(12)16)8-19(17,18)11-4-2-10(15)3-5-11/h1-7H,8,16H2. The van der Waals surface area contributed by atoms with Gasteiger partial charge in [-0.1, -0.05) is 6.07 Å². The first kappa shape index (κ1) is 14.0. The second kappa shape index (κ2) is 5.30. The molecule has 2 aromatic rings. The predicted octanol–water partition coefficient (Wildman–Crippen LogP) is 3.14. The monoisotopic (exact) mass is 343 g/mol. The van der Waals surface area contributed by atoms with Gasteiger partial charge in [-0.3, -0.25) is 0 Å². The number of rotatable bonds is 3. The predicted molar refractivity (Wildman–Crippen MR) is 75.8 cm³/mol. The van der Waals surface area contributed by atoms with E-state index in [4.69, 9.17) is 5.73 Å². The van der Waals surface area contributed by atoms with E-state index in [0.29, 0.717) is 11.3 Å². The summed E-state index contributed by atoms with van der Waals surface area (Å²) in [5, 5.41) is 0. The van der Waals surface area contributed by atoms with Crippen LogP contribution < -0.4 is 5.73 Å². The van der Waals surface area contributed by atoms with Gasteiger partial charge in [0.05, 0.1) is 10.6 Å². The average molecular weight is 344 g/mol. The van der Waals surface area contributed by atoms with Crippen LogP contribution in [0.25, 0.3) is 0 Å². The Bertz CT molecular complexity index is 699. The van der Waals surface area contributed by atoms with E-state index in [1.165, 1.54) is 12.1 Å². The minimum Gasteiger partial charge on any atom is -0.398 e. The van der Waals surface area contributed by atoms with Gasteiger partial charge in [0.25, 0.3) is 0 Å². The summed E-state index contributed by atoms with van der Waals surface area (Å²) in [6.07, 6.45) is 0. The van der Waals surface area contributed by atoms with Gasteiger partial charge in [-0.15, -0.1) is 0 Å². The van der Waals surface area contributed by atoms with Crippen molar-refractivity contribution in [1.82, 2.24) is 0 Å². The average Bonchev–Trinajstić information content (AvgIpc) is 2.34. The van der Waals surface area contributed by atoms with Gasteiger partial charge in [-0.25, -0.2) is 12.8 Å². The maximum Gasteiger partial charge on any atom is 0.182 e. The Morgan fingerprint density at radius 2 is 1.74 bits per heavy atom. The molecule has 0 aromatic heterocycles. The summed E-state index contributed by atoms with van der Waals surface area (Å²) in [6.45, 7) is 0. The number of nitrogens with two attached hydrogens (primary N) is 1. The molecule has 2 N–H and O–H groups in total. The summed E-state index contributed by atoms with van der Waals surface area (Å²) in [4.78, 5) is 0.0930. The summed E-state index contributed by atoms with van der Waals surface area (Å²) < 4.78 is 37.8. The third-order valence-electron chi connectivity index (χ3n) is 2.59. The summed E-state index contributed by atoms with van der Waals surface area (Å²) in [5.74, 6) is -0.636. The fourth-order valence-electron chi connectivity index (χ4n) is 1.63. The zero-order valence-electron chi connectivity index (χ0n) is 9.81. The third-order valence-corrected chi connectivity index (χ3v) is 5.02. The van der Waals surface area contributed by atoms with Crippen LogP contribution in [0.15, 0.2) is 51.8 Å². The van der Waals surface area contributed by atoms with Crippen molar-refractivity contribution < 1.29 is 12.8 Å². The van der Waals surface area contributed by atoms with Crippen LogP contribution in [0.2, 0.25) is 0 Å². The van der Waals surface area contributed by atoms with Crippen molar-refractivity contribution in [1.29, 1.82) is 0 Å². The number of nitrogen functional groups attached to an aromatic ring is 1. The number of sulfone groups is 1. The van der Waals surface area contributed by atoms with Crippen LogP contribution in [-0.4, -0.2) is 8.42 Å². The van der Waals surface area contributed by atoms with Gasteiger partial charge >= 0.3 is 0 Å². The molecule has 0 spiro atoms.